The fourth-order valence-corrected chi connectivity index (χ4v) is 2.36. The number of anilines is 1. The normalized spacial score (nSPS) is 10.8. The fraction of sp³-hybridized carbons (Fsp3) is 0.412. The smallest absolute Gasteiger partial charge is 0.131 e. The molecule has 2 aromatic rings. The first-order chi connectivity index (χ1) is 9.65. The summed E-state index contributed by atoms with van der Waals surface area (Å²) in [7, 11) is 0. The average Bonchev–Trinajstić information content (AvgIpc) is 2.43. The topological polar surface area (TPSA) is 51.8 Å². The molecule has 20 heavy (non-hydrogen) atoms. The lowest BCUT2D eigenvalue weighted by Gasteiger charge is -2.11. The van der Waals surface area contributed by atoms with Gasteiger partial charge in [-0.2, -0.15) is 0 Å². The molecular weight excluding hydrogens is 246 g/mol. The van der Waals surface area contributed by atoms with Crippen LogP contribution in [0.3, 0.4) is 0 Å². The molecule has 2 N–H and O–H groups in total. The third-order valence-electron chi connectivity index (χ3n) is 3.44. The number of hydrogen-bond acceptors (Lipinski definition) is 3. The van der Waals surface area contributed by atoms with E-state index in [-0.39, 0.29) is 0 Å². The maximum absolute atomic E-state index is 6.03. The summed E-state index contributed by atoms with van der Waals surface area (Å²) in [4.78, 5) is 9.08. The second-order valence-electron chi connectivity index (χ2n) is 5.20. The second kappa shape index (κ2) is 6.51. The lowest BCUT2D eigenvalue weighted by atomic mass is 10.0. The van der Waals surface area contributed by atoms with Crippen LogP contribution in [0.4, 0.5) is 5.82 Å². The van der Waals surface area contributed by atoms with E-state index in [1.54, 1.807) is 0 Å². The Kier molecular flexibility index (Phi) is 4.72. The number of aryl methyl sites for hydroxylation is 2. The van der Waals surface area contributed by atoms with E-state index >= 15 is 0 Å². The van der Waals surface area contributed by atoms with Crippen molar-refractivity contribution in [3.05, 3.63) is 41.2 Å². The molecule has 0 aliphatic heterocycles. The van der Waals surface area contributed by atoms with Gasteiger partial charge >= 0.3 is 0 Å². The highest BCUT2D eigenvalue weighted by Crippen LogP contribution is 2.25. The van der Waals surface area contributed by atoms with E-state index in [9.17, 15) is 0 Å². The summed E-state index contributed by atoms with van der Waals surface area (Å²) in [6.07, 6.45) is 4.13. The van der Waals surface area contributed by atoms with Crippen molar-refractivity contribution in [3.8, 4) is 11.3 Å². The number of nitrogens with two attached hydrogens (primary N) is 1. The van der Waals surface area contributed by atoms with Crippen molar-refractivity contribution < 1.29 is 0 Å². The second-order valence-corrected chi connectivity index (χ2v) is 5.20. The third kappa shape index (κ3) is 3.16. The van der Waals surface area contributed by atoms with Crippen molar-refractivity contribution in [1.29, 1.82) is 0 Å². The SMILES string of the molecule is CCCc1cccc(-c2nc(CCC)nc(N)c2C)c1. The number of benzene rings is 1. The summed E-state index contributed by atoms with van der Waals surface area (Å²) in [5, 5.41) is 0. The van der Waals surface area contributed by atoms with E-state index < -0.39 is 0 Å². The lowest BCUT2D eigenvalue weighted by Crippen LogP contribution is -2.05. The van der Waals surface area contributed by atoms with E-state index in [2.05, 4.69) is 43.1 Å². The van der Waals surface area contributed by atoms with Gasteiger partial charge in [0.15, 0.2) is 0 Å². The van der Waals surface area contributed by atoms with Crippen molar-refractivity contribution in [2.24, 2.45) is 0 Å². The number of rotatable bonds is 5. The van der Waals surface area contributed by atoms with Gasteiger partial charge in [-0.15, -0.1) is 0 Å². The molecule has 0 saturated heterocycles. The van der Waals surface area contributed by atoms with Gasteiger partial charge in [0, 0.05) is 17.5 Å². The Morgan fingerprint density at radius 2 is 1.80 bits per heavy atom. The predicted octanol–water partition coefficient (Wildman–Crippen LogP) is 3.94. The average molecular weight is 269 g/mol. The molecule has 3 heteroatoms. The zero-order chi connectivity index (χ0) is 14.5. The van der Waals surface area contributed by atoms with Gasteiger partial charge in [-0.3, -0.25) is 0 Å². The Hall–Kier alpha value is -1.90. The molecule has 0 aliphatic carbocycles. The molecule has 0 amide bonds. The number of nitrogen functional groups attached to an aromatic ring is 1. The van der Waals surface area contributed by atoms with Crippen LogP contribution in [-0.2, 0) is 12.8 Å². The molecular formula is C17H23N3. The highest BCUT2D eigenvalue weighted by molar-refractivity contribution is 5.67. The van der Waals surface area contributed by atoms with Crippen LogP contribution in [0.5, 0.6) is 0 Å². The van der Waals surface area contributed by atoms with E-state index in [1.165, 1.54) is 5.56 Å². The van der Waals surface area contributed by atoms with Gasteiger partial charge in [0.25, 0.3) is 0 Å². The largest absolute Gasteiger partial charge is 0.383 e. The first-order valence-corrected chi connectivity index (χ1v) is 7.38. The third-order valence-corrected chi connectivity index (χ3v) is 3.44. The quantitative estimate of drug-likeness (QED) is 0.894. The van der Waals surface area contributed by atoms with Crippen LogP contribution in [-0.4, -0.2) is 9.97 Å². The van der Waals surface area contributed by atoms with E-state index in [0.717, 1.165) is 48.3 Å². The summed E-state index contributed by atoms with van der Waals surface area (Å²) in [5.74, 6) is 1.44. The number of hydrogen-bond donors (Lipinski definition) is 1. The molecule has 0 aliphatic rings. The Morgan fingerprint density at radius 1 is 1.05 bits per heavy atom. The molecule has 1 heterocycles. The van der Waals surface area contributed by atoms with Gasteiger partial charge < -0.3 is 5.73 Å². The monoisotopic (exact) mass is 269 g/mol. The zero-order valence-electron chi connectivity index (χ0n) is 12.6. The van der Waals surface area contributed by atoms with Crippen molar-refractivity contribution in [2.45, 2.75) is 46.5 Å². The maximum atomic E-state index is 6.03. The van der Waals surface area contributed by atoms with Gasteiger partial charge in [-0.25, -0.2) is 9.97 Å². The van der Waals surface area contributed by atoms with Gasteiger partial charge in [0.05, 0.1) is 5.69 Å². The predicted molar refractivity (Wildman–Crippen MR) is 84.6 cm³/mol. The molecule has 0 unspecified atom stereocenters. The Labute approximate surface area is 121 Å². The molecule has 1 aromatic carbocycles. The van der Waals surface area contributed by atoms with Crippen LogP contribution in [0.25, 0.3) is 11.3 Å². The van der Waals surface area contributed by atoms with Crippen LogP contribution in [0.1, 0.15) is 43.6 Å². The Balaban J connectivity index is 2.47. The zero-order valence-corrected chi connectivity index (χ0v) is 12.6. The van der Waals surface area contributed by atoms with Crippen LogP contribution < -0.4 is 5.73 Å². The Bertz CT molecular complexity index is 591. The summed E-state index contributed by atoms with van der Waals surface area (Å²) < 4.78 is 0. The highest BCUT2D eigenvalue weighted by atomic mass is 15.0. The molecule has 3 nitrogen and oxygen atoms in total. The molecule has 0 spiro atoms. The van der Waals surface area contributed by atoms with Crippen LogP contribution in [0.2, 0.25) is 0 Å². The Morgan fingerprint density at radius 3 is 2.50 bits per heavy atom. The first kappa shape index (κ1) is 14.5. The summed E-state index contributed by atoms with van der Waals surface area (Å²) >= 11 is 0. The molecule has 0 atom stereocenters. The van der Waals surface area contributed by atoms with Crippen LogP contribution in [0.15, 0.2) is 24.3 Å². The summed E-state index contributed by atoms with van der Waals surface area (Å²) in [6.45, 7) is 6.31. The minimum Gasteiger partial charge on any atom is -0.383 e. The number of aromatic nitrogens is 2. The molecule has 0 saturated carbocycles. The molecule has 0 bridgehead atoms. The standard InChI is InChI=1S/C17H23N3/c1-4-7-13-9-6-10-14(11-13)16-12(3)17(18)20-15(19-16)8-5-2/h6,9-11H,4-5,7-8H2,1-3H3,(H2,18,19,20). The van der Waals surface area contributed by atoms with E-state index in [1.807, 2.05) is 6.92 Å². The van der Waals surface area contributed by atoms with Crippen molar-refractivity contribution in [2.75, 3.05) is 5.73 Å². The minimum atomic E-state index is 0.597. The van der Waals surface area contributed by atoms with Crippen LogP contribution in [0, 0.1) is 6.92 Å². The van der Waals surface area contributed by atoms with Crippen molar-refractivity contribution in [3.63, 3.8) is 0 Å². The summed E-state index contributed by atoms with van der Waals surface area (Å²) in [6, 6.07) is 8.58. The molecule has 2 rings (SSSR count). The van der Waals surface area contributed by atoms with Gasteiger partial charge in [0.1, 0.15) is 11.6 Å². The van der Waals surface area contributed by atoms with Crippen molar-refractivity contribution in [1.82, 2.24) is 9.97 Å². The molecule has 106 valence electrons. The van der Waals surface area contributed by atoms with Gasteiger partial charge in [-0.1, -0.05) is 38.5 Å². The molecule has 0 radical (unpaired) electrons. The van der Waals surface area contributed by atoms with Gasteiger partial charge in [-0.05, 0) is 31.4 Å². The fourth-order valence-electron chi connectivity index (χ4n) is 2.36. The lowest BCUT2D eigenvalue weighted by molar-refractivity contribution is 0.836. The van der Waals surface area contributed by atoms with Gasteiger partial charge in [0.2, 0.25) is 0 Å². The van der Waals surface area contributed by atoms with Crippen LogP contribution >= 0.6 is 0 Å². The highest BCUT2D eigenvalue weighted by Gasteiger charge is 2.10. The van der Waals surface area contributed by atoms with E-state index in [4.69, 9.17) is 10.7 Å². The minimum absolute atomic E-state index is 0.597. The molecule has 1 aromatic heterocycles. The maximum Gasteiger partial charge on any atom is 0.131 e. The number of nitrogens with zero attached hydrogens (tertiary/aromatic N) is 2. The van der Waals surface area contributed by atoms with E-state index in [0.29, 0.717) is 5.82 Å². The van der Waals surface area contributed by atoms with Crippen molar-refractivity contribution >= 4 is 5.82 Å². The molecule has 0 fully saturated rings. The summed E-state index contributed by atoms with van der Waals surface area (Å²) in [5.41, 5.74) is 10.5. The first-order valence-electron chi connectivity index (χ1n) is 7.38.